The van der Waals surface area contributed by atoms with Crippen molar-refractivity contribution in [3.63, 3.8) is 0 Å². The molecule has 1 N–H and O–H groups in total. The second-order valence-corrected chi connectivity index (χ2v) is 5.68. The molecule has 100 valence electrons. The third-order valence-corrected chi connectivity index (χ3v) is 4.13. The number of nitrogens with zero attached hydrogens (tertiary/aromatic N) is 1. The molecule has 1 aliphatic carbocycles. The maximum atomic E-state index is 9.53. The molecule has 0 unspecified atom stereocenters. The molecule has 0 spiro atoms. The Morgan fingerprint density at radius 1 is 1.22 bits per heavy atom. The van der Waals surface area contributed by atoms with E-state index in [4.69, 9.17) is 0 Å². The summed E-state index contributed by atoms with van der Waals surface area (Å²) in [6.45, 7) is 3.26. The van der Waals surface area contributed by atoms with Gasteiger partial charge in [0.15, 0.2) is 0 Å². The summed E-state index contributed by atoms with van der Waals surface area (Å²) in [5.74, 6) is 0. The Morgan fingerprint density at radius 2 is 1.94 bits per heavy atom. The molecule has 0 bridgehead atoms. The quantitative estimate of drug-likeness (QED) is 0.884. The first-order valence-corrected chi connectivity index (χ1v) is 7.09. The lowest BCUT2D eigenvalue weighted by atomic mass is 9.92. The molecule has 2 heteroatoms. The van der Waals surface area contributed by atoms with Crippen molar-refractivity contribution in [2.75, 3.05) is 13.6 Å². The Balaban J connectivity index is 1.79. The number of aliphatic hydroxyl groups is 1. The molecule has 0 aliphatic heterocycles. The number of aliphatic hydroxyl groups excluding tert-OH is 1. The highest BCUT2D eigenvalue weighted by atomic mass is 16.3. The topological polar surface area (TPSA) is 23.5 Å². The zero-order valence-electron chi connectivity index (χ0n) is 11.6. The van der Waals surface area contributed by atoms with E-state index >= 15 is 0 Å². The van der Waals surface area contributed by atoms with E-state index < -0.39 is 0 Å². The van der Waals surface area contributed by atoms with Gasteiger partial charge in [0.2, 0.25) is 0 Å². The Hall–Kier alpha value is -0.860. The van der Waals surface area contributed by atoms with Crippen molar-refractivity contribution >= 4 is 0 Å². The van der Waals surface area contributed by atoms with Crippen LogP contribution in [0.2, 0.25) is 0 Å². The summed E-state index contributed by atoms with van der Waals surface area (Å²) >= 11 is 0. The second kappa shape index (κ2) is 6.35. The highest BCUT2D eigenvalue weighted by molar-refractivity contribution is 5.22. The molecule has 2 nitrogen and oxygen atoms in total. The molecule has 0 atom stereocenters. The van der Waals surface area contributed by atoms with Crippen LogP contribution in [0, 0.1) is 6.92 Å². The molecular formula is C16H25NO. The summed E-state index contributed by atoms with van der Waals surface area (Å²) in [5, 5.41) is 9.53. The Labute approximate surface area is 111 Å². The number of rotatable bonds is 4. The van der Waals surface area contributed by atoms with E-state index in [9.17, 15) is 5.11 Å². The SMILES string of the molecule is Cc1cccc(CCN(C)C2CCC(O)CC2)c1. The third kappa shape index (κ3) is 3.82. The third-order valence-electron chi connectivity index (χ3n) is 4.13. The van der Waals surface area contributed by atoms with Gasteiger partial charge in [-0.05, 0) is 51.6 Å². The van der Waals surface area contributed by atoms with Crippen molar-refractivity contribution in [2.24, 2.45) is 0 Å². The number of hydrogen-bond acceptors (Lipinski definition) is 2. The first-order valence-electron chi connectivity index (χ1n) is 7.09. The van der Waals surface area contributed by atoms with E-state index in [0.717, 1.165) is 38.6 Å². The number of aryl methyl sites for hydroxylation is 1. The van der Waals surface area contributed by atoms with Crippen molar-refractivity contribution in [2.45, 2.75) is 51.2 Å². The first kappa shape index (κ1) is 13.6. The van der Waals surface area contributed by atoms with Crippen LogP contribution in [0.5, 0.6) is 0 Å². The van der Waals surface area contributed by atoms with E-state index in [1.807, 2.05) is 0 Å². The summed E-state index contributed by atoms with van der Waals surface area (Å²) in [6.07, 6.45) is 5.30. The van der Waals surface area contributed by atoms with Crippen LogP contribution in [0.3, 0.4) is 0 Å². The molecule has 1 aliphatic rings. The Morgan fingerprint density at radius 3 is 2.61 bits per heavy atom. The lowest BCUT2D eigenvalue weighted by Crippen LogP contribution is -2.37. The number of hydrogen-bond donors (Lipinski definition) is 1. The second-order valence-electron chi connectivity index (χ2n) is 5.68. The van der Waals surface area contributed by atoms with Gasteiger partial charge in [0.1, 0.15) is 0 Å². The van der Waals surface area contributed by atoms with Crippen molar-refractivity contribution in [1.82, 2.24) is 4.90 Å². The van der Waals surface area contributed by atoms with Gasteiger partial charge in [-0.2, -0.15) is 0 Å². The summed E-state index contributed by atoms with van der Waals surface area (Å²) in [6, 6.07) is 9.44. The smallest absolute Gasteiger partial charge is 0.0541 e. The van der Waals surface area contributed by atoms with Crippen molar-refractivity contribution in [3.05, 3.63) is 35.4 Å². The number of likely N-dealkylation sites (N-methyl/N-ethyl adjacent to an activating group) is 1. The minimum Gasteiger partial charge on any atom is -0.393 e. The maximum Gasteiger partial charge on any atom is 0.0541 e. The summed E-state index contributed by atoms with van der Waals surface area (Å²) < 4.78 is 0. The zero-order chi connectivity index (χ0) is 13.0. The molecule has 1 fully saturated rings. The fourth-order valence-corrected chi connectivity index (χ4v) is 2.85. The standard InChI is InChI=1S/C16H25NO/c1-13-4-3-5-14(12-13)10-11-17(2)15-6-8-16(18)9-7-15/h3-5,12,15-16,18H,6-11H2,1-2H3. The Bertz CT molecular complexity index is 369. The van der Waals surface area contributed by atoms with Gasteiger partial charge in [0.05, 0.1) is 6.10 Å². The predicted octanol–water partition coefficient (Wildman–Crippen LogP) is 2.77. The normalized spacial score (nSPS) is 24.4. The average molecular weight is 247 g/mol. The zero-order valence-corrected chi connectivity index (χ0v) is 11.6. The van der Waals surface area contributed by atoms with Crippen LogP contribution >= 0.6 is 0 Å². The van der Waals surface area contributed by atoms with E-state index in [0.29, 0.717) is 6.04 Å². The molecular weight excluding hydrogens is 222 g/mol. The summed E-state index contributed by atoms with van der Waals surface area (Å²) in [7, 11) is 2.22. The predicted molar refractivity (Wildman–Crippen MR) is 75.8 cm³/mol. The molecule has 1 saturated carbocycles. The van der Waals surface area contributed by atoms with Gasteiger partial charge in [-0.25, -0.2) is 0 Å². The molecule has 0 amide bonds. The lowest BCUT2D eigenvalue weighted by molar-refractivity contribution is 0.0847. The molecule has 0 saturated heterocycles. The minimum atomic E-state index is -0.0496. The fraction of sp³-hybridized carbons (Fsp3) is 0.625. The molecule has 1 aromatic rings. The summed E-state index contributed by atoms with van der Waals surface area (Å²) in [5.41, 5.74) is 2.77. The van der Waals surface area contributed by atoms with Crippen LogP contribution in [0.25, 0.3) is 0 Å². The van der Waals surface area contributed by atoms with Gasteiger partial charge >= 0.3 is 0 Å². The van der Waals surface area contributed by atoms with Gasteiger partial charge in [0, 0.05) is 12.6 Å². The number of benzene rings is 1. The highest BCUT2D eigenvalue weighted by Gasteiger charge is 2.22. The van der Waals surface area contributed by atoms with Gasteiger partial charge < -0.3 is 10.0 Å². The van der Waals surface area contributed by atoms with Crippen LogP contribution in [0.15, 0.2) is 24.3 Å². The highest BCUT2D eigenvalue weighted by Crippen LogP contribution is 2.22. The van der Waals surface area contributed by atoms with Gasteiger partial charge in [-0.15, -0.1) is 0 Å². The fourth-order valence-electron chi connectivity index (χ4n) is 2.85. The molecule has 0 heterocycles. The van der Waals surface area contributed by atoms with Crippen LogP contribution < -0.4 is 0 Å². The van der Waals surface area contributed by atoms with Crippen molar-refractivity contribution in [3.8, 4) is 0 Å². The van der Waals surface area contributed by atoms with Crippen molar-refractivity contribution < 1.29 is 5.11 Å². The van der Waals surface area contributed by atoms with Crippen molar-refractivity contribution in [1.29, 1.82) is 0 Å². The lowest BCUT2D eigenvalue weighted by Gasteiger charge is -2.33. The van der Waals surface area contributed by atoms with Crippen LogP contribution in [0.1, 0.15) is 36.8 Å². The van der Waals surface area contributed by atoms with E-state index in [1.165, 1.54) is 11.1 Å². The Kier molecular flexibility index (Phi) is 4.79. The largest absolute Gasteiger partial charge is 0.393 e. The minimum absolute atomic E-state index is 0.0496. The van der Waals surface area contributed by atoms with Crippen LogP contribution in [0.4, 0.5) is 0 Å². The first-order chi connectivity index (χ1) is 8.65. The van der Waals surface area contributed by atoms with E-state index in [-0.39, 0.29) is 6.10 Å². The summed E-state index contributed by atoms with van der Waals surface area (Å²) in [4.78, 5) is 2.47. The van der Waals surface area contributed by atoms with Gasteiger partial charge in [-0.1, -0.05) is 29.8 Å². The van der Waals surface area contributed by atoms with E-state index in [2.05, 4.69) is 43.1 Å². The van der Waals surface area contributed by atoms with Gasteiger partial charge in [-0.3, -0.25) is 0 Å². The molecule has 0 aromatic heterocycles. The maximum absolute atomic E-state index is 9.53. The molecule has 18 heavy (non-hydrogen) atoms. The van der Waals surface area contributed by atoms with Gasteiger partial charge in [0.25, 0.3) is 0 Å². The average Bonchev–Trinajstić information content (AvgIpc) is 2.37. The van der Waals surface area contributed by atoms with Crippen LogP contribution in [-0.2, 0) is 6.42 Å². The van der Waals surface area contributed by atoms with Crippen LogP contribution in [-0.4, -0.2) is 35.7 Å². The van der Waals surface area contributed by atoms with E-state index in [1.54, 1.807) is 0 Å². The molecule has 2 rings (SSSR count). The monoisotopic (exact) mass is 247 g/mol. The molecule has 0 radical (unpaired) electrons. The molecule has 1 aromatic carbocycles.